The smallest absolute Gasteiger partial charge is 0.322 e. The van der Waals surface area contributed by atoms with Crippen LogP contribution >= 0.6 is 11.6 Å². The molecule has 10 heteroatoms. The van der Waals surface area contributed by atoms with Gasteiger partial charge in [0.2, 0.25) is 0 Å². The fourth-order valence-corrected chi connectivity index (χ4v) is 4.88. The Morgan fingerprint density at radius 3 is 2.97 bits per heavy atom. The Balaban J connectivity index is 1.42. The zero-order valence-corrected chi connectivity index (χ0v) is 17.8. The van der Waals surface area contributed by atoms with Gasteiger partial charge < -0.3 is 15.0 Å². The number of hydrogen-bond donors (Lipinski definition) is 2. The number of nitrogens with zero attached hydrogens (tertiary/aromatic N) is 3. The topological polar surface area (TPSA) is 100 Å². The first kappa shape index (κ1) is 20.4. The molecule has 3 aromatic rings. The third kappa shape index (κ3) is 3.38. The average Bonchev–Trinajstić information content (AvgIpc) is 3.11. The molecule has 1 unspecified atom stereocenters. The summed E-state index contributed by atoms with van der Waals surface area (Å²) in [5.41, 5.74) is 2.29. The summed E-state index contributed by atoms with van der Waals surface area (Å²) >= 11 is 6.43. The molecular weight excluding hydrogens is 437 g/mol. The molecule has 5 rings (SSSR count). The highest BCUT2D eigenvalue weighted by Crippen LogP contribution is 2.43. The van der Waals surface area contributed by atoms with Gasteiger partial charge in [0, 0.05) is 29.4 Å². The lowest BCUT2D eigenvalue weighted by atomic mass is 9.99. The lowest BCUT2D eigenvalue weighted by Gasteiger charge is -2.35. The molecule has 32 heavy (non-hydrogen) atoms. The van der Waals surface area contributed by atoms with E-state index < -0.39 is 11.8 Å². The second kappa shape index (κ2) is 7.90. The van der Waals surface area contributed by atoms with Gasteiger partial charge in [0.05, 0.1) is 35.8 Å². The highest BCUT2D eigenvalue weighted by Gasteiger charge is 2.44. The van der Waals surface area contributed by atoms with Crippen LogP contribution in [0.4, 0.5) is 14.9 Å². The van der Waals surface area contributed by atoms with Crippen molar-refractivity contribution >= 4 is 23.3 Å². The average molecular weight is 456 g/mol. The largest absolute Gasteiger partial charge is 0.494 e. The molecule has 2 aliphatic heterocycles. The molecule has 2 N–H and O–H groups in total. The first-order valence-corrected chi connectivity index (χ1v) is 10.5. The monoisotopic (exact) mass is 455 g/mol. The van der Waals surface area contributed by atoms with Gasteiger partial charge in [-0.2, -0.15) is 5.10 Å². The Bertz CT molecular complexity index is 1280. The number of aromatic amines is 1. The number of halogens is 2. The van der Waals surface area contributed by atoms with E-state index in [4.69, 9.17) is 16.3 Å². The summed E-state index contributed by atoms with van der Waals surface area (Å²) in [6, 6.07) is 5.10. The van der Waals surface area contributed by atoms with Gasteiger partial charge in [-0.1, -0.05) is 11.6 Å². The standard InChI is InChI=1S/C22H19ClFN5O3/c1-32-19-10-25-5-4-13(19)14-8-16(24)17(9-15(14)23)26-22(31)29-12-2-3-18(29)21-11(6-12)7-20(30)27-28-21/h4-5,7-10,12,18H,2-3,6H2,1H3,(H,26,31)(H,27,30)/t12?,18-/m1/s1. The van der Waals surface area contributed by atoms with Crippen LogP contribution in [-0.4, -0.2) is 39.3 Å². The van der Waals surface area contributed by atoms with E-state index in [1.54, 1.807) is 17.2 Å². The number of rotatable bonds is 3. The molecule has 0 spiro atoms. The molecule has 1 fully saturated rings. The summed E-state index contributed by atoms with van der Waals surface area (Å²) < 4.78 is 20.3. The first-order valence-electron chi connectivity index (χ1n) is 10.1. The number of methoxy groups -OCH3 is 1. The van der Waals surface area contributed by atoms with Gasteiger partial charge in [-0.15, -0.1) is 0 Å². The highest BCUT2D eigenvalue weighted by atomic mass is 35.5. The van der Waals surface area contributed by atoms with Crippen LogP contribution in [0.1, 0.15) is 30.1 Å². The number of ether oxygens (including phenoxy) is 1. The molecule has 164 valence electrons. The predicted molar refractivity (Wildman–Crippen MR) is 116 cm³/mol. The Kier molecular flexibility index (Phi) is 5.05. The maximum absolute atomic E-state index is 15.0. The van der Waals surface area contributed by atoms with Gasteiger partial charge in [0.15, 0.2) is 0 Å². The van der Waals surface area contributed by atoms with Crippen LogP contribution in [0.15, 0.2) is 41.5 Å². The fraction of sp³-hybridized carbons (Fsp3) is 0.273. The Morgan fingerprint density at radius 2 is 2.16 bits per heavy atom. The van der Waals surface area contributed by atoms with E-state index in [1.807, 2.05) is 0 Å². The molecule has 1 saturated heterocycles. The zero-order valence-electron chi connectivity index (χ0n) is 17.1. The number of hydrogen-bond acceptors (Lipinski definition) is 5. The van der Waals surface area contributed by atoms with E-state index in [-0.39, 0.29) is 28.4 Å². The quantitative estimate of drug-likeness (QED) is 0.623. The van der Waals surface area contributed by atoms with Gasteiger partial charge in [0.25, 0.3) is 5.56 Å². The van der Waals surface area contributed by atoms with Gasteiger partial charge in [0.1, 0.15) is 11.6 Å². The van der Waals surface area contributed by atoms with Gasteiger partial charge in [-0.25, -0.2) is 14.3 Å². The molecule has 2 aliphatic rings. The van der Waals surface area contributed by atoms with Crippen molar-refractivity contribution in [3.05, 3.63) is 69.1 Å². The van der Waals surface area contributed by atoms with Crippen LogP contribution in [-0.2, 0) is 6.42 Å². The van der Waals surface area contributed by atoms with E-state index >= 15 is 0 Å². The molecule has 2 aromatic heterocycles. The summed E-state index contributed by atoms with van der Waals surface area (Å²) in [6.45, 7) is 0. The Hall–Kier alpha value is -3.46. The number of benzene rings is 1. The maximum atomic E-state index is 15.0. The van der Waals surface area contributed by atoms with Crippen molar-refractivity contribution in [2.45, 2.75) is 31.3 Å². The fourth-order valence-electron chi connectivity index (χ4n) is 4.61. The normalized spacial score (nSPS) is 18.9. The third-order valence-corrected chi connectivity index (χ3v) is 6.33. The summed E-state index contributed by atoms with van der Waals surface area (Å²) in [5, 5.41) is 9.52. The number of amides is 2. The van der Waals surface area contributed by atoms with Crippen molar-refractivity contribution < 1.29 is 13.9 Å². The van der Waals surface area contributed by atoms with Crippen molar-refractivity contribution in [3.63, 3.8) is 0 Å². The van der Waals surface area contributed by atoms with Crippen LogP contribution in [0.2, 0.25) is 5.02 Å². The molecule has 8 nitrogen and oxygen atoms in total. The minimum Gasteiger partial charge on any atom is -0.494 e. The van der Waals surface area contributed by atoms with Crippen LogP contribution in [0.25, 0.3) is 11.1 Å². The summed E-state index contributed by atoms with van der Waals surface area (Å²) in [4.78, 5) is 30.4. The number of carbonyl (C=O) groups is 1. The Morgan fingerprint density at radius 1 is 1.31 bits per heavy atom. The number of carbonyl (C=O) groups excluding carboxylic acids is 1. The van der Waals surface area contributed by atoms with Crippen LogP contribution < -0.4 is 15.6 Å². The molecule has 0 radical (unpaired) electrons. The van der Waals surface area contributed by atoms with E-state index in [0.29, 0.717) is 29.0 Å². The van der Waals surface area contributed by atoms with Gasteiger partial charge in [-0.3, -0.25) is 9.78 Å². The second-order valence-corrected chi connectivity index (χ2v) is 8.23. The van der Waals surface area contributed by atoms with Crippen LogP contribution in [0, 0.1) is 5.82 Å². The summed E-state index contributed by atoms with van der Waals surface area (Å²) in [6.07, 6.45) is 5.14. The van der Waals surface area contributed by atoms with E-state index in [2.05, 4.69) is 20.5 Å². The Labute approximate surface area is 187 Å². The number of H-pyrrole nitrogens is 1. The van der Waals surface area contributed by atoms with Gasteiger partial charge in [-0.05, 0) is 43.0 Å². The second-order valence-electron chi connectivity index (χ2n) is 7.82. The van der Waals surface area contributed by atoms with Crippen LogP contribution in [0.5, 0.6) is 5.75 Å². The van der Waals surface area contributed by atoms with E-state index in [0.717, 1.165) is 18.4 Å². The minimum absolute atomic E-state index is 0.0172. The number of nitrogens with one attached hydrogen (secondary N) is 2. The third-order valence-electron chi connectivity index (χ3n) is 6.02. The lowest BCUT2D eigenvalue weighted by Crippen LogP contribution is -2.45. The van der Waals surface area contributed by atoms with E-state index in [9.17, 15) is 14.0 Å². The van der Waals surface area contributed by atoms with Crippen molar-refractivity contribution in [1.82, 2.24) is 20.1 Å². The summed E-state index contributed by atoms with van der Waals surface area (Å²) in [5.74, 6) is -0.163. The van der Waals surface area contributed by atoms with Crippen molar-refractivity contribution in [2.24, 2.45) is 0 Å². The molecule has 2 bridgehead atoms. The molecule has 1 aromatic carbocycles. The summed E-state index contributed by atoms with van der Waals surface area (Å²) in [7, 11) is 1.49. The van der Waals surface area contributed by atoms with E-state index in [1.165, 1.54) is 31.5 Å². The zero-order chi connectivity index (χ0) is 22.4. The minimum atomic E-state index is -0.621. The van der Waals surface area contributed by atoms with Gasteiger partial charge >= 0.3 is 6.03 Å². The molecule has 2 atom stereocenters. The number of pyridine rings is 1. The number of fused-ring (bicyclic) bond motifs is 4. The SMILES string of the molecule is COc1cnccc1-c1cc(F)c(NC(=O)N2C3CC[C@@H]2c2n[nH]c(=O)cc2C3)cc1Cl. The van der Waals surface area contributed by atoms with Crippen molar-refractivity contribution in [3.8, 4) is 16.9 Å². The maximum Gasteiger partial charge on any atom is 0.322 e. The van der Waals surface area contributed by atoms with Crippen molar-refractivity contribution in [2.75, 3.05) is 12.4 Å². The van der Waals surface area contributed by atoms with Crippen molar-refractivity contribution in [1.29, 1.82) is 0 Å². The number of aromatic nitrogens is 3. The number of anilines is 1. The molecule has 2 amide bonds. The first-order chi connectivity index (χ1) is 15.5. The van der Waals surface area contributed by atoms with Crippen LogP contribution in [0.3, 0.4) is 0 Å². The molecule has 0 saturated carbocycles. The lowest BCUT2D eigenvalue weighted by molar-refractivity contribution is 0.177. The highest BCUT2D eigenvalue weighted by molar-refractivity contribution is 6.33. The molecule has 4 heterocycles. The predicted octanol–water partition coefficient (Wildman–Crippen LogP) is 3.93. The number of urea groups is 1. The molecular formula is C22H19ClFN5O3. The molecule has 0 aliphatic carbocycles.